The number of carboxylic acid groups (broad SMARTS) is 1. The fourth-order valence-corrected chi connectivity index (χ4v) is 1.45. The Kier molecular flexibility index (Phi) is 3.33. The predicted octanol–water partition coefficient (Wildman–Crippen LogP) is 2.28. The van der Waals surface area contributed by atoms with Crippen molar-refractivity contribution in [3.8, 4) is 0 Å². The summed E-state index contributed by atoms with van der Waals surface area (Å²) in [4.78, 5) is 11.0. The van der Waals surface area contributed by atoms with Crippen LogP contribution in [0.15, 0.2) is 18.2 Å². The number of rotatable bonds is 3. The highest BCUT2D eigenvalue weighted by atomic mass is 19.1. The lowest BCUT2D eigenvalue weighted by atomic mass is 9.81. The van der Waals surface area contributed by atoms with Crippen LogP contribution in [-0.2, 0) is 4.79 Å². The summed E-state index contributed by atoms with van der Waals surface area (Å²) in [5.41, 5.74) is -0.321. The van der Waals surface area contributed by atoms with Crippen LogP contribution in [-0.4, -0.2) is 16.2 Å². The lowest BCUT2D eigenvalue weighted by molar-refractivity contribution is -0.153. The standard InChI is InChI=1S/C12H15FO3/c1-7-6-8(13)4-5-9(7)10(14)12(2,3)11(15)16/h4-6,10,14H,1-3H3,(H,15,16). The second-order valence-electron chi connectivity index (χ2n) is 4.43. The zero-order valence-corrected chi connectivity index (χ0v) is 9.49. The van der Waals surface area contributed by atoms with E-state index in [1.807, 2.05) is 0 Å². The molecule has 1 atom stereocenters. The monoisotopic (exact) mass is 226 g/mol. The van der Waals surface area contributed by atoms with E-state index < -0.39 is 23.3 Å². The summed E-state index contributed by atoms with van der Waals surface area (Å²) in [6.07, 6.45) is -1.16. The summed E-state index contributed by atoms with van der Waals surface area (Å²) in [5.74, 6) is -1.50. The first-order chi connectivity index (χ1) is 7.26. The number of aryl methyl sites for hydroxylation is 1. The van der Waals surface area contributed by atoms with Crippen molar-refractivity contribution in [3.05, 3.63) is 35.1 Å². The largest absolute Gasteiger partial charge is 0.481 e. The molecular weight excluding hydrogens is 211 g/mol. The molecule has 0 heterocycles. The number of aliphatic hydroxyl groups excluding tert-OH is 1. The summed E-state index contributed by atoms with van der Waals surface area (Å²) in [5, 5.41) is 19.0. The molecule has 0 radical (unpaired) electrons. The van der Waals surface area contributed by atoms with Crippen molar-refractivity contribution in [1.29, 1.82) is 0 Å². The molecule has 0 spiro atoms. The van der Waals surface area contributed by atoms with E-state index >= 15 is 0 Å². The molecule has 0 aromatic heterocycles. The first kappa shape index (κ1) is 12.6. The molecule has 0 aliphatic heterocycles. The zero-order chi connectivity index (χ0) is 12.5. The van der Waals surface area contributed by atoms with Crippen molar-refractivity contribution < 1.29 is 19.4 Å². The van der Waals surface area contributed by atoms with Crippen LogP contribution in [0.25, 0.3) is 0 Å². The summed E-state index contributed by atoms with van der Waals surface area (Å²) in [6.45, 7) is 4.51. The smallest absolute Gasteiger partial charge is 0.312 e. The number of benzene rings is 1. The Morgan fingerprint density at radius 3 is 2.44 bits per heavy atom. The van der Waals surface area contributed by atoms with Gasteiger partial charge >= 0.3 is 5.97 Å². The van der Waals surface area contributed by atoms with Gasteiger partial charge in [-0.2, -0.15) is 0 Å². The average Bonchev–Trinajstić information content (AvgIpc) is 2.16. The molecule has 0 saturated carbocycles. The molecule has 0 aliphatic carbocycles. The fraction of sp³-hybridized carbons (Fsp3) is 0.417. The van der Waals surface area contributed by atoms with Gasteiger partial charge < -0.3 is 10.2 Å². The third kappa shape index (κ3) is 2.22. The van der Waals surface area contributed by atoms with E-state index in [4.69, 9.17) is 5.11 Å². The van der Waals surface area contributed by atoms with E-state index in [1.165, 1.54) is 32.0 Å². The van der Waals surface area contributed by atoms with E-state index in [0.717, 1.165) is 0 Å². The number of hydrogen-bond acceptors (Lipinski definition) is 2. The van der Waals surface area contributed by atoms with Crippen molar-refractivity contribution in [1.82, 2.24) is 0 Å². The topological polar surface area (TPSA) is 57.5 Å². The van der Waals surface area contributed by atoms with Crippen LogP contribution in [0.4, 0.5) is 4.39 Å². The molecule has 1 rings (SSSR count). The first-order valence-corrected chi connectivity index (χ1v) is 4.94. The molecule has 16 heavy (non-hydrogen) atoms. The van der Waals surface area contributed by atoms with Gasteiger partial charge in [-0.15, -0.1) is 0 Å². The molecule has 1 aromatic rings. The van der Waals surface area contributed by atoms with Gasteiger partial charge in [-0.25, -0.2) is 4.39 Å². The molecule has 0 aliphatic rings. The van der Waals surface area contributed by atoms with Gasteiger partial charge in [-0.1, -0.05) is 6.07 Å². The van der Waals surface area contributed by atoms with Crippen LogP contribution in [0.1, 0.15) is 31.1 Å². The zero-order valence-electron chi connectivity index (χ0n) is 9.49. The molecule has 0 saturated heterocycles. The van der Waals surface area contributed by atoms with Gasteiger partial charge in [-0.3, -0.25) is 4.79 Å². The van der Waals surface area contributed by atoms with E-state index in [9.17, 15) is 14.3 Å². The van der Waals surface area contributed by atoms with Crippen molar-refractivity contribution in [2.45, 2.75) is 26.9 Å². The van der Waals surface area contributed by atoms with Crippen LogP contribution in [0, 0.1) is 18.2 Å². The quantitative estimate of drug-likeness (QED) is 0.831. The Hall–Kier alpha value is -1.42. The molecule has 3 nitrogen and oxygen atoms in total. The van der Waals surface area contributed by atoms with E-state index in [1.54, 1.807) is 6.92 Å². The van der Waals surface area contributed by atoms with Crippen molar-refractivity contribution >= 4 is 5.97 Å². The Bertz CT molecular complexity index is 413. The molecule has 0 bridgehead atoms. The van der Waals surface area contributed by atoms with Crippen LogP contribution in [0.2, 0.25) is 0 Å². The average molecular weight is 226 g/mol. The van der Waals surface area contributed by atoms with Gasteiger partial charge in [0.1, 0.15) is 5.82 Å². The van der Waals surface area contributed by atoms with E-state index in [0.29, 0.717) is 11.1 Å². The number of aliphatic hydroxyl groups is 1. The number of halogens is 1. The number of carboxylic acids is 1. The SMILES string of the molecule is Cc1cc(F)ccc1C(O)C(C)(C)C(=O)O. The highest BCUT2D eigenvalue weighted by Crippen LogP contribution is 2.35. The number of carbonyl (C=O) groups is 1. The van der Waals surface area contributed by atoms with Gasteiger partial charge in [0, 0.05) is 0 Å². The molecule has 88 valence electrons. The predicted molar refractivity (Wildman–Crippen MR) is 57.5 cm³/mol. The molecule has 0 fully saturated rings. The Balaban J connectivity index is 3.14. The fourth-order valence-electron chi connectivity index (χ4n) is 1.45. The summed E-state index contributed by atoms with van der Waals surface area (Å²) >= 11 is 0. The lowest BCUT2D eigenvalue weighted by Crippen LogP contribution is -2.31. The number of hydrogen-bond donors (Lipinski definition) is 2. The lowest BCUT2D eigenvalue weighted by Gasteiger charge is -2.27. The van der Waals surface area contributed by atoms with Crippen LogP contribution in [0.5, 0.6) is 0 Å². The van der Waals surface area contributed by atoms with Crippen molar-refractivity contribution in [3.63, 3.8) is 0 Å². The third-order valence-electron chi connectivity index (χ3n) is 2.76. The Labute approximate surface area is 93.5 Å². The first-order valence-electron chi connectivity index (χ1n) is 4.94. The maximum Gasteiger partial charge on any atom is 0.312 e. The maximum absolute atomic E-state index is 12.9. The summed E-state index contributed by atoms with van der Waals surface area (Å²) in [7, 11) is 0. The normalized spacial score (nSPS) is 13.6. The molecule has 1 aromatic carbocycles. The van der Waals surface area contributed by atoms with Gasteiger partial charge in [0.15, 0.2) is 0 Å². The van der Waals surface area contributed by atoms with Crippen LogP contribution < -0.4 is 0 Å². The van der Waals surface area contributed by atoms with Crippen LogP contribution in [0.3, 0.4) is 0 Å². The number of aliphatic carboxylic acids is 1. The van der Waals surface area contributed by atoms with E-state index in [-0.39, 0.29) is 0 Å². The van der Waals surface area contributed by atoms with Gasteiger partial charge in [-0.05, 0) is 44.0 Å². The van der Waals surface area contributed by atoms with Crippen LogP contribution >= 0.6 is 0 Å². The Morgan fingerprint density at radius 1 is 1.44 bits per heavy atom. The summed E-state index contributed by atoms with van der Waals surface area (Å²) < 4.78 is 12.9. The maximum atomic E-state index is 12.9. The van der Waals surface area contributed by atoms with Gasteiger partial charge in [0.05, 0.1) is 11.5 Å². The molecule has 4 heteroatoms. The van der Waals surface area contributed by atoms with Gasteiger partial charge in [0.2, 0.25) is 0 Å². The molecule has 0 amide bonds. The highest BCUT2D eigenvalue weighted by molar-refractivity contribution is 5.74. The third-order valence-corrected chi connectivity index (χ3v) is 2.76. The molecular formula is C12H15FO3. The minimum atomic E-state index is -1.30. The minimum Gasteiger partial charge on any atom is -0.481 e. The van der Waals surface area contributed by atoms with Gasteiger partial charge in [0.25, 0.3) is 0 Å². The second-order valence-corrected chi connectivity index (χ2v) is 4.43. The van der Waals surface area contributed by atoms with Crippen molar-refractivity contribution in [2.24, 2.45) is 5.41 Å². The molecule has 1 unspecified atom stereocenters. The highest BCUT2D eigenvalue weighted by Gasteiger charge is 2.37. The van der Waals surface area contributed by atoms with E-state index in [2.05, 4.69) is 0 Å². The van der Waals surface area contributed by atoms with Crippen molar-refractivity contribution in [2.75, 3.05) is 0 Å². The second kappa shape index (κ2) is 4.22. The Morgan fingerprint density at radius 2 is 2.00 bits per heavy atom. The summed E-state index contributed by atoms with van der Waals surface area (Å²) in [6, 6.07) is 3.90. The molecule has 2 N–H and O–H groups in total. The minimum absolute atomic E-state index is 0.401.